The van der Waals surface area contributed by atoms with Crippen molar-refractivity contribution in [1.29, 1.82) is 0 Å². The summed E-state index contributed by atoms with van der Waals surface area (Å²) in [5.74, 6) is -0.211. The van der Waals surface area contributed by atoms with Crippen LogP contribution in [0.2, 0.25) is 0 Å². The number of ether oxygens (including phenoxy) is 1. The summed E-state index contributed by atoms with van der Waals surface area (Å²) in [6.45, 7) is 2.17. The Bertz CT molecular complexity index is 1210. The topological polar surface area (TPSA) is 72.6 Å². The minimum Gasteiger partial charge on any atom is -0.441 e. The van der Waals surface area contributed by atoms with E-state index in [2.05, 4.69) is 0 Å². The van der Waals surface area contributed by atoms with E-state index in [1.54, 1.807) is 0 Å². The largest absolute Gasteiger partial charge is 0.441 e. The van der Waals surface area contributed by atoms with Crippen molar-refractivity contribution in [2.45, 2.75) is 25.8 Å². The molecule has 2 aliphatic rings. The lowest BCUT2D eigenvalue weighted by Crippen LogP contribution is -2.46. The maximum Gasteiger partial charge on any atom is 0.262 e. The predicted molar refractivity (Wildman–Crippen MR) is 110 cm³/mol. The molecule has 5 heteroatoms. The monoisotopic (exact) mass is 384 g/mol. The third-order valence-corrected chi connectivity index (χ3v) is 5.74. The number of hydrogen-bond donors (Lipinski definition) is 1. The third kappa shape index (κ3) is 2.78. The summed E-state index contributed by atoms with van der Waals surface area (Å²) in [6, 6.07) is 19.6. The summed E-state index contributed by atoms with van der Waals surface area (Å²) in [5, 5.41) is 2.10. The van der Waals surface area contributed by atoms with Crippen LogP contribution in [0.15, 0.2) is 72.1 Å². The molecule has 1 saturated heterocycles. The van der Waals surface area contributed by atoms with Crippen LogP contribution in [0, 0.1) is 6.92 Å². The molecule has 0 bridgehead atoms. The van der Waals surface area contributed by atoms with Gasteiger partial charge in [-0.05, 0) is 34.9 Å². The number of amides is 2. The molecule has 1 fully saturated rings. The highest BCUT2D eigenvalue weighted by Gasteiger charge is 2.43. The Morgan fingerprint density at radius 3 is 2.72 bits per heavy atom. The molecule has 2 aliphatic heterocycles. The van der Waals surface area contributed by atoms with Crippen molar-refractivity contribution in [3.63, 3.8) is 0 Å². The molecule has 2 heterocycles. The SMILES string of the molecule is Cc1ccc2c(c1)OC(N)=C1C(=O)N(Cc3cccc4ccccc34)C(=O)CC12. The molecular formula is C24H20N2O3. The van der Waals surface area contributed by atoms with Crippen molar-refractivity contribution in [3.8, 4) is 5.75 Å². The second kappa shape index (κ2) is 6.48. The highest BCUT2D eigenvalue weighted by molar-refractivity contribution is 6.09. The number of benzene rings is 3. The number of imide groups is 1. The molecule has 0 radical (unpaired) electrons. The van der Waals surface area contributed by atoms with Gasteiger partial charge in [0, 0.05) is 17.9 Å². The van der Waals surface area contributed by atoms with E-state index >= 15 is 0 Å². The van der Waals surface area contributed by atoms with Crippen LogP contribution in [0.3, 0.4) is 0 Å². The fourth-order valence-corrected chi connectivity index (χ4v) is 4.29. The summed E-state index contributed by atoms with van der Waals surface area (Å²) in [4.78, 5) is 27.6. The van der Waals surface area contributed by atoms with E-state index in [4.69, 9.17) is 10.5 Å². The molecule has 5 nitrogen and oxygen atoms in total. The van der Waals surface area contributed by atoms with Gasteiger partial charge in [-0.1, -0.05) is 54.6 Å². The Morgan fingerprint density at radius 2 is 1.86 bits per heavy atom. The number of rotatable bonds is 2. The summed E-state index contributed by atoms with van der Waals surface area (Å²) >= 11 is 0. The lowest BCUT2D eigenvalue weighted by molar-refractivity contribution is -0.146. The van der Waals surface area contributed by atoms with Crippen LogP contribution >= 0.6 is 0 Å². The van der Waals surface area contributed by atoms with Gasteiger partial charge in [0.25, 0.3) is 5.91 Å². The molecule has 1 unspecified atom stereocenters. The molecule has 3 aromatic rings. The minimum atomic E-state index is -0.372. The number of hydrogen-bond acceptors (Lipinski definition) is 4. The number of fused-ring (bicyclic) bond motifs is 4. The molecule has 0 spiro atoms. The number of nitrogens with zero attached hydrogens (tertiary/aromatic N) is 1. The van der Waals surface area contributed by atoms with Crippen LogP contribution in [-0.2, 0) is 16.1 Å². The normalized spacial score (nSPS) is 18.5. The number of likely N-dealkylation sites (tertiary alicyclic amines) is 1. The zero-order valence-corrected chi connectivity index (χ0v) is 16.0. The van der Waals surface area contributed by atoms with E-state index < -0.39 is 0 Å². The smallest absolute Gasteiger partial charge is 0.262 e. The molecule has 0 aromatic heterocycles. The highest BCUT2D eigenvalue weighted by atomic mass is 16.5. The van der Waals surface area contributed by atoms with Gasteiger partial charge in [-0.15, -0.1) is 0 Å². The van der Waals surface area contributed by atoms with Crippen molar-refractivity contribution < 1.29 is 14.3 Å². The highest BCUT2D eigenvalue weighted by Crippen LogP contribution is 2.44. The van der Waals surface area contributed by atoms with Gasteiger partial charge < -0.3 is 10.5 Å². The van der Waals surface area contributed by atoms with E-state index in [1.165, 1.54) is 4.90 Å². The predicted octanol–water partition coefficient (Wildman–Crippen LogP) is 3.75. The Hall–Kier alpha value is -3.60. The number of nitrogens with two attached hydrogens (primary N) is 1. The second-order valence-electron chi connectivity index (χ2n) is 7.60. The zero-order valence-electron chi connectivity index (χ0n) is 16.0. The Kier molecular flexibility index (Phi) is 3.91. The molecule has 2 amide bonds. The van der Waals surface area contributed by atoms with Gasteiger partial charge in [-0.25, -0.2) is 0 Å². The van der Waals surface area contributed by atoms with Crippen molar-refractivity contribution in [2.24, 2.45) is 5.73 Å². The van der Waals surface area contributed by atoms with Gasteiger partial charge in [0.1, 0.15) is 5.75 Å². The van der Waals surface area contributed by atoms with Crippen LogP contribution in [0.1, 0.15) is 29.0 Å². The third-order valence-electron chi connectivity index (χ3n) is 5.74. The van der Waals surface area contributed by atoms with Gasteiger partial charge in [0.2, 0.25) is 5.91 Å². The molecule has 1 atom stereocenters. The van der Waals surface area contributed by atoms with Crippen molar-refractivity contribution in [2.75, 3.05) is 0 Å². The summed E-state index contributed by atoms with van der Waals surface area (Å²) < 4.78 is 5.76. The van der Waals surface area contributed by atoms with Crippen molar-refractivity contribution in [1.82, 2.24) is 4.90 Å². The Labute approximate surface area is 168 Å². The first-order chi connectivity index (χ1) is 14.0. The summed E-state index contributed by atoms with van der Waals surface area (Å²) in [7, 11) is 0. The first-order valence-electron chi connectivity index (χ1n) is 9.62. The fraction of sp³-hybridized carbons (Fsp3) is 0.167. The molecule has 0 saturated carbocycles. The van der Waals surface area contributed by atoms with Crippen molar-refractivity contribution >= 4 is 22.6 Å². The van der Waals surface area contributed by atoms with Crippen LogP contribution in [0.25, 0.3) is 10.8 Å². The Balaban J connectivity index is 1.53. The molecule has 5 rings (SSSR count). The molecular weight excluding hydrogens is 364 g/mol. The zero-order chi connectivity index (χ0) is 20.1. The van der Waals surface area contributed by atoms with Gasteiger partial charge in [0.05, 0.1) is 12.1 Å². The molecule has 3 aromatic carbocycles. The first kappa shape index (κ1) is 17.5. The average molecular weight is 384 g/mol. The van der Waals surface area contributed by atoms with Gasteiger partial charge >= 0.3 is 0 Å². The number of piperidine rings is 1. The Morgan fingerprint density at radius 1 is 1.07 bits per heavy atom. The van der Waals surface area contributed by atoms with Crippen LogP contribution in [-0.4, -0.2) is 16.7 Å². The van der Waals surface area contributed by atoms with Gasteiger partial charge in [-0.2, -0.15) is 0 Å². The molecule has 2 N–H and O–H groups in total. The summed E-state index contributed by atoms with van der Waals surface area (Å²) in [5.41, 5.74) is 9.31. The quantitative estimate of drug-likeness (QED) is 0.683. The lowest BCUT2D eigenvalue weighted by Gasteiger charge is -2.36. The maximum atomic E-state index is 13.3. The minimum absolute atomic E-state index is 0.0912. The number of aryl methyl sites for hydroxylation is 1. The van der Waals surface area contributed by atoms with Crippen LogP contribution in [0.4, 0.5) is 0 Å². The van der Waals surface area contributed by atoms with Crippen LogP contribution in [0.5, 0.6) is 5.75 Å². The molecule has 29 heavy (non-hydrogen) atoms. The molecule has 0 aliphatic carbocycles. The van der Waals surface area contributed by atoms with E-state index in [0.717, 1.165) is 27.5 Å². The van der Waals surface area contributed by atoms with E-state index in [0.29, 0.717) is 11.3 Å². The first-order valence-corrected chi connectivity index (χ1v) is 9.62. The van der Waals surface area contributed by atoms with Gasteiger partial charge in [-0.3, -0.25) is 14.5 Å². The summed E-state index contributed by atoms with van der Waals surface area (Å²) in [6.07, 6.45) is 0.200. The van der Waals surface area contributed by atoms with Crippen molar-refractivity contribution in [3.05, 3.63) is 88.8 Å². The lowest BCUT2D eigenvalue weighted by atomic mass is 9.82. The van der Waals surface area contributed by atoms with E-state index in [9.17, 15) is 9.59 Å². The standard InChI is InChI=1S/C24H20N2O3/c1-14-9-10-18-19-12-21(27)26(24(28)22(19)23(25)29-20(18)11-14)13-16-7-4-6-15-5-2-3-8-17(15)16/h2-11,19H,12-13,25H2,1H3. The molecule has 144 valence electrons. The number of carbonyl (C=O) groups is 2. The van der Waals surface area contributed by atoms with E-state index in [1.807, 2.05) is 67.6 Å². The van der Waals surface area contributed by atoms with Gasteiger partial charge in [0.15, 0.2) is 5.88 Å². The van der Waals surface area contributed by atoms with Crippen LogP contribution < -0.4 is 10.5 Å². The second-order valence-corrected chi connectivity index (χ2v) is 7.60. The van der Waals surface area contributed by atoms with E-state index in [-0.39, 0.29) is 36.6 Å². The number of carbonyl (C=O) groups excluding carboxylic acids is 2. The average Bonchev–Trinajstić information content (AvgIpc) is 2.70. The fourth-order valence-electron chi connectivity index (χ4n) is 4.29. The maximum absolute atomic E-state index is 13.3.